The van der Waals surface area contributed by atoms with E-state index in [1.54, 1.807) is 18.3 Å². The van der Waals surface area contributed by atoms with E-state index >= 15 is 0 Å². The molecule has 0 radical (unpaired) electrons. The number of amides is 1. The third-order valence-corrected chi connectivity index (χ3v) is 3.35. The summed E-state index contributed by atoms with van der Waals surface area (Å²) in [4.78, 5) is 16.0. The number of hydrogen-bond acceptors (Lipinski definition) is 3. The molecule has 1 aromatic heterocycles. The number of anilines is 1. The number of hydrogen-bond donors (Lipinski definition) is 2. The van der Waals surface area contributed by atoms with Crippen LogP contribution in [-0.4, -0.2) is 16.4 Å². The van der Waals surface area contributed by atoms with Crippen molar-refractivity contribution in [2.75, 3.05) is 5.32 Å². The maximum Gasteiger partial charge on any atom is 0.244 e. The van der Waals surface area contributed by atoms with Crippen LogP contribution in [0.15, 0.2) is 22.9 Å². The number of carbonyl (C=O) groups excluding carboxylic acids is 1. The number of halogens is 1. The molecule has 88 valence electrons. The second-order valence-corrected chi connectivity index (χ2v) is 4.41. The minimum absolute atomic E-state index is 0.175. The molecule has 0 unspecified atom stereocenters. The van der Waals surface area contributed by atoms with Gasteiger partial charge in [0.2, 0.25) is 5.91 Å². The fraction of sp³-hybridized carbons (Fsp3) is 0.455. The molecular weight excluding hydrogens is 270 g/mol. The summed E-state index contributed by atoms with van der Waals surface area (Å²) in [6.45, 7) is 3.81. The lowest BCUT2D eigenvalue weighted by molar-refractivity contribution is -0.121. The van der Waals surface area contributed by atoms with Crippen molar-refractivity contribution in [3.63, 3.8) is 0 Å². The van der Waals surface area contributed by atoms with Crippen LogP contribution in [0.1, 0.15) is 26.7 Å². The topological polar surface area (TPSA) is 68.0 Å². The average Bonchev–Trinajstić information content (AvgIpc) is 2.31. The van der Waals surface area contributed by atoms with Gasteiger partial charge < -0.3 is 11.1 Å². The maximum absolute atomic E-state index is 12.0. The molecule has 0 saturated carbocycles. The highest BCUT2D eigenvalue weighted by Gasteiger charge is 2.30. The van der Waals surface area contributed by atoms with Gasteiger partial charge in [0.05, 0.1) is 11.2 Å². The minimum atomic E-state index is -0.810. The number of nitrogens with zero attached hydrogens (tertiary/aromatic N) is 1. The molecule has 1 heterocycles. The fourth-order valence-corrected chi connectivity index (χ4v) is 1.65. The molecule has 1 aromatic rings. The highest BCUT2D eigenvalue weighted by molar-refractivity contribution is 9.10. The molecule has 0 saturated heterocycles. The number of aromatic nitrogens is 1. The normalized spacial score (nSPS) is 11.2. The monoisotopic (exact) mass is 285 g/mol. The van der Waals surface area contributed by atoms with Crippen molar-refractivity contribution in [3.05, 3.63) is 22.9 Å². The van der Waals surface area contributed by atoms with Crippen molar-refractivity contribution < 1.29 is 4.79 Å². The van der Waals surface area contributed by atoms with Gasteiger partial charge in [-0.1, -0.05) is 13.8 Å². The summed E-state index contributed by atoms with van der Waals surface area (Å²) in [5.41, 5.74) is 5.82. The Morgan fingerprint density at radius 2 is 2.19 bits per heavy atom. The van der Waals surface area contributed by atoms with Gasteiger partial charge in [-0.25, -0.2) is 4.98 Å². The first-order valence-corrected chi connectivity index (χ1v) is 6.03. The van der Waals surface area contributed by atoms with E-state index in [0.29, 0.717) is 23.1 Å². The third-order valence-electron chi connectivity index (χ3n) is 2.72. The summed E-state index contributed by atoms with van der Waals surface area (Å²) >= 11 is 3.27. The van der Waals surface area contributed by atoms with Gasteiger partial charge in [0.1, 0.15) is 4.60 Å². The Hall–Kier alpha value is -0.940. The summed E-state index contributed by atoms with van der Waals surface area (Å²) in [5, 5.41) is 2.78. The van der Waals surface area contributed by atoms with Crippen molar-refractivity contribution in [1.82, 2.24) is 4.98 Å². The van der Waals surface area contributed by atoms with Crippen molar-refractivity contribution in [2.45, 2.75) is 32.2 Å². The summed E-state index contributed by atoms with van der Waals surface area (Å²) in [6.07, 6.45) is 2.86. The Bertz CT molecular complexity index is 377. The van der Waals surface area contributed by atoms with Gasteiger partial charge in [-0.05, 0) is 40.9 Å². The average molecular weight is 286 g/mol. The van der Waals surface area contributed by atoms with Crippen LogP contribution in [0, 0.1) is 0 Å². The van der Waals surface area contributed by atoms with E-state index < -0.39 is 5.54 Å². The van der Waals surface area contributed by atoms with Crippen LogP contribution < -0.4 is 11.1 Å². The zero-order chi connectivity index (χ0) is 12.2. The van der Waals surface area contributed by atoms with E-state index in [1.165, 1.54) is 0 Å². The summed E-state index contributed by atoms with van der Waals surface area (Å²) < 4.78 is 0.609. The van der Waals surface area contributed by atoms with E-state index in [0.717, 1.165) is 0 Å². The van der Waals surface area contributed by atoms with E-state index in [2.05, 4.69) is 26.2 Å². The van der Waals surface area contributed by atoms with Crippen LogP contribution in [-0.2, 0) is 4.79 Å². The first kappa shape index (κ1) is 13.1. The molecule has 0 aliphatic carbocycles. The van der Waals surface area contributed by atoms with Crippen molar-refractivity contribution in [1.29, 1.82) is 0 Å². The Morgan fingerprint density at radius 1 is 1.56 bits per heavy atom. The highest BCUT2D eigenvalue weighted by atomic mass is 79.9. The first-order chi connectivity index (χ1) is 7.53. The molecule has 0 aliphatic heterocycles. The van der Waals surface area contributed by atoms with E-state index in [-0.39, 0.29) is 5.91 Å². The number of nitrogens with two attached hydrogens (primary N) is 1. The van der Waals surface area contributed by atoms with E-state index in [1.807, 2.05) is 13.8 Å². The summed E-state index contributed by atoms with van der Waals surface area (Å²) in [7, 11) is 0. The molecule has 1 amide bonds. The molecule has 0 spiro atoms. The lowest BCUT2D eigenvalue weighted by atomic mass is 9.93. The fourth-order valence-electron chi connectivity index (χ4n) is 1.30. The SMILES string of the molecule is CCC(N)(CC)C(=O)Nc1cccnc1Br. The predicted octanol–water partition coefficient (Wildman–Crippen LogP) is 2.30. The Labute approximate surface area is 104 Å². The van der Waals surface area contributed by atoms with Gasteiger partial charge in [-0.15, -0.1) is 0 Å². The van der Waals surface area contributed by atoms with Gasteiger partial charge in [0.15, 0.2) is 0 Å². The Morgan fingerprint density at radius 3 is 2.69 bits per heavy atom. The minimum Gasteiger partial charge on any atom is -0.322 e. The maximum atomic E-state index is 12.0. The molecule has 0 bridgehead atoms. The van der Waals surface area contributed by atoms with Crippen LogP contribution in [0.4, 0.5) is 5.69 Å². The zero-order valence-electron chi connectivity index (χ0n) is 9.46. The van der Waals surface area contributed by atoms with Crippen LogP contribution in [0.2, 0.25) is 0 Å². The molecule has 1 rings (SSSR count). The van der Waals surface area contributed by atoms with Gasteiger partial charge >= 0.3 is 0 Å². The lowest BCUT2D eigenvalue weighted by Crippen LogP contribution is -2.50. The number of pyridine rings is 1. The summed E-state index contributed by atoms with van der Waals surface area (Å²) in [6, 6.07) is 3.54. The second-order valence-electron chi connectivity index (χ2n) is 3.66. The van der Waals surface area contributed by atoms with E-state index in [9.17, 15) is 4.79 Å². The molecule has 0 aliphatic rings. The lowest BCUT2D eigenvalue weighted by Gasteiger charge is -2.25. The highest BCUT2D eigenvalue weighted by Crippen LogP contribution is 2.21. The number of carbonyl (C=O) groups is 1. The molecule has 3 N–H and O–H groups in total. The smallest absolute Gasteiger partial charge is 0.244 e. The molecular formula is C11H16BrN3O. The zero-order valence-corrected chi connectivity index (χ0v) is 11.0. The molecule has 4 nitrogen and oxygen atoms in total. The standard InChI is InChI=1S/C11H16BrN3O/c1-3-11(13,4-2)10(16)15-8-6-5-7-14-9(8)12/h5-7H,3-4,13H2,1-2H3,(H,15,16). The van der Waals surface area contributed by atoms with E-state index in [4.69, 9.17) is 5.73 Å². The van der Waals surface area contributed by atoms with Gasteiger partial charge in [0.25, 0.3) is 0 Å². The van der Waals surface area contributed by atoms with Gasteiger partial charge in [-0.2, -0.15) is 0 Å². The van der Waals surface area contributed by atoms with Gasteiger partial charge in [-0.3, -0.25) is 4.79 Å². The van der Waals surface area contributed by atoms with Crippen molar-refractivity contribution in [2.24, 2.45) is 5.73 Å². The molecule has 16 heavy (non-hydrogen) atoms. The van der Waals surface area contributed by atoms with Crippen LogP contribution in [0.3, 0.4) is 0 Å². The van der Waals surface area contributed by atoms with Crippen molar-refractivity contribution >= 4 is 27.5 Å². The Kier molecular flexibility index (Phi) is 4.44. The van der Waals surface area contributed by atoms with Crippen LogP contribution >= 0.6 is 15.9 Å². The quantitative estimate of drug-likeness (QED) is 0.834. The molecule has 0 atom stereocenters. The number of rotatable bonds is 4. The second kappa shape index (κ2) is 5.41. The van der Waals surface area contributed by atoms with Crippen LogP contribution in [0.5, 0.6) is 0 Å². The van der Waals surface area contributed by atoms with Gasteiger partial charge in [0, 0.05) is 6.20 Å². The van der Waals surface area contributed by atoms with Crippen LogP contribution in [0.25, 0.3) is 0 Å². The third kappa shape index (κ3) is 2.80. The predicted molar refractivity (Wildman–Crippen MR) is 68.1 cm³/mol. The molecule has 0 aromatic carbocycles. The molecule has 5 heteroatoms. The van der Waals surface area contributed by atoms with Crippen molar-refractivity contribution in [3.8, 4) is 0 Å². The number of nitrogens with one attached hydrogen (secondary N) is 1. The first-order valence-electron chi connectivity index (χ1n) is 5.24. The Balaban J connectivity index is 2.83. The largest absolute Gasteiger partial charge is 0.322 e. The molecule has 0 fully saturated rings. The summed E-state index contributed by atoms with van der Waals surface area (Å²) in [5.74, 6) is -0.175.